The number of ketones is 1. The zero-order chi connectivity index (χ0) is 23.5. The van der Waals surface area contributed by atoms with Gasteiger partial charge >= 0.3 is 0 Å². The fourth-order valence-electron chi connectivity index (χ4n) is 9.75. The van der Waals surface area contributed by atoms with Crippen LogP contribution in [0, 0.1) is 45.3 Å². The van der Waals surface area contributed by atoms with E-state index in [9.17, 15) is 9.59 Å². The van der Waals surface area contributed by atoms with Crippen molar-refractivity contribution in [3.8, 4) is 0 Å². The molecular formula is C30H46O2. The predicted molar refractivity (Wildman–Crippen MR) is 132 cm³/mol. The Labute approximate surface area is 196 Å². The first-order valence-electron chi connectivity index (χ1n) is 13.2. The van der Waals surface area contributed by atoms with Crippen molar-refractivity contribution in [2.24, 2.45) is 45.3 Å². The second-order valence-corrected chi connectivity index (χ2v) is 13.2. The molecule has 0 aliphatic heterocycles. The number of fused-ring (bicyclic) bond motifs is 5. The molecule has 0 aromatic carbocycles. The van der Waals surface area contributed by atoms with Gasteiger partial charge in [-0.1, -0.05) is 52.8 Å². The molecule has 0 N–H and O–H groups in total. The minimum Gasteiger partial charge on any atom is -0.299 e. The number of carbonyl (C=O) groups is 2. The van der Waals surface area contributed by atoms with E-state index < -0.39 is 0 Å². The molecule has 4 fully saturated rings. The van der Waals surface area contributed by atoms with Gasteiger partial charge in [0.1, 0.15) is 12.1 Å². The lowest BCUT2D eigenvalue weighted by atomic mass is 9.35. The van der Waals surface area contributed by atoms with E-state index in [0.29, 0.717) is 33.9 Å². The van der Waals surface area contributed by atoms with Crippen molar-refractivity contribution in [1.82, 2.24) is 0 Å². The highest BCUT2D eigenvalue weighted by atomic mass is 16.1. The molecular weight excluding hydrogens is 392 g/mol. The number of hydrogen-bond acceptors (Lipinski definition) is 2. The summed E-state index contributed by atoms with van der Waals surface area (Å²) in [5.74, 6) is 3.14. The van der Waals surface area contributed by atoms with Crippen LogP contribution in [0.3, 0.4) is 0 Å². The molecule has 0 aromatic heterocycles. The maximum Gasteiger partial charge on any atom is 0.145 e. The normalized spacial score (nSPS) is 45.6. The average Bonchev–Trinajstić information content (AvgIpc) is 3.09. The molecule has 0 amide bonds. The number of Topliss-reactive ketones (excluding diaryl/α,β-unsaturated/α-hetero) is 1. The number of hydrogen-bond donors (Lipinski definition) is 0. The molecule has 32 heavy (non-hydrogen) atoms. The molecule has 0 saturated heterocycles. The zero-order valence-corrected chi connectivity index (χ0v) is 21.6. The molecule has 178 valence electrons. The monoisotopic (exact) mass is 438 g/mol. The highest BCUT2D eigenvalue weighted by molar-refractivity contribution is 5.85. The van der Waals surface area contributed by atoms with Crippen molar-refractivity contribution >= 4 is 12.1 Å². The van der Waals surface area contributed by atoms with E-state index in [-0.39, 0.29) is 5.41 Å². The lowest BCUT2D eigenvalue weighted by molar-refractivity contribution is -0.201. The summed E-state index contributed by atoms with van der Waals surface area (Å²) in [6.45, 7) is 18.7. The van der Waals surface area contributed by atoms with Gasteiger partial charge in [-0.15, -0.1) is 0 Å². The van der Waals surface area contributed by atoms with Crippen molar-refractivity contribution in [2.75, 3.05) is 0 Å². The summed E-state index contributed by atoms with van der Waals surface area (Å²) in [5, 5.41) is 0. The molecule has 0 heterocycles. The Kier molecular flexibility index (Phi) is 5.95. The first kappa shape index (κ1) is 24.0. The molecule has 0 aromatic rings. The van der Waals surface area contributed by atoms with Crippen LogP contribution in [0.1, 0.15) is 106 Å². The van der Waals surface area contributed by atoms with E-state index in [0.717, 1.165) is 49.4 Å². The van der Waals surface area contributed by atoms with E-state index in [1.54, 1.807) is 0 Å². The number of rotatable bonds is 5. The Morgan fingerprint density at radius 1 is 0.969 bits per heavy atom. The van der Waals surface area contributed by atoms with Crippen molar-refractivity contribution in [3.05, 3.63) is 23.8 Å². The zero-order valence-electron chi connectivity index (χ0n) is 21.6. The highest BCUT2D eigenvalue weighted by Crippen LogP contribution is 2.75. The van der Waals surface area contributed by atoms with E-state index in [1.165, 1.54) is 44.1 Å². The average molecular weight is 439 g/mol. The van der Waals surface area contributed by atoms with E-state index in [2.05, 4.69) is 47.3 Å². The van der Waals surface area contributed by atoms with Crippen LogP contribution < -0.4 is 0 Å². The molecule has 0 spiro atoms. The fourth-order valence-corrected chi connectivity index (χ4v) is 9.75. The summed E-state index contributed by atoms with van der Waals surface area (Å²) in [6.07, 6.45) is 14.6. The van der Waals surface area contributed by atoms with Gasteiger partial charge in [-0.2, -0.15) is 0 Å². The summed E-state index contributed by atoms with van der Waals surface area (Å²) in [7, 11) is 0. The van der Waals surface area contributed by atoms with Crippen LogP contribution >= 0.6 is 0 Å². The lowest BCUT2D eigenvalue weighted by Crippen LogP contribution is -2.63. The van der Waals surface area contributed by atoms with Crippen LogP contribution in [0.25, 0.3) is 0 Å². The number of aldehydes is 1. The van der Waals surface area contributed by atoms with Crippen molar-refractivity contribution in [1.29, 1.82) is 0 Å². The first-order valence-corrected chi connectivity index (χ1v) is 13.2. The maximum atomic E-state index is 12.8. The van der Waals surface area contributed by atoms with Gasteiger partial charge in [0.2, 0.25) is 0 Å². The third-order valence-electron chi connectivity index (χ3n) is 11.8. The Balaban J connectivity index is 1.57. The van der Waals surface area contributed by atoms with Gasteiger partial charge in [0.05, 0.1) is 0 Å². The lowest BCUT2D eigenvalue weighted by Gasteiger charge is -2.69. The van der Waals surface area contributed by atoms with Crippen LogP contribution in [-0.2, 0) is 9.59 Å². The topological polar surface area (TPSA) is 34.1 Å². The highest BCUT2D eigenvalue weighted by Gasteiger charge is 2.68. The van der Waals surface area contributed by atoms with Crippen LogP contribution in [-0.4, -0.2) is 12.1 Å². The molecule has 4 aliphatic rings. The van der Waals surface area contributed by atoms with Gasteiger partial charge in [0, 0.05) is 11.8 Å². The second-order valence-electron chi connectivity index (χ2n) is 13.2. The molecule has 2 heteroatoms. The van der Waals surface area contributed by atoms with E-state index in [4.69, 9.17) is 0 Å². The molecule has 0 unspecified atom stereocenters. The minimum atomic E-state index is -0.161. The first-order chi connectivity index (χ1) is 14.9. The molecule has 4 saturated carbocycles. The van der Waals surface area contributed by atoms with Crippen LogP contribution in [0.2, 0.25) is 0 Å². The summed E-state index contributed by atoms with van der Waals surface area (Å²) in [6, 6.07) is 0. The Bertz CT molecular complexity index is 834. The van der Waals surface area contributed by atoms with Crippen molar-refractivity contribution in [3.63, 3.8) is 0 Å². The third-order valence-corrected chi connectivity index (χ3v) is 11.8. The van der Waals surface area contributed by atoms with Crippen molar-refractivity contribution in [2.45, 2.75) is 106 Å². The number of allylic oxidation sites excluding steroid dienone is 3. The maximum absolute atomic E-state index is 12.8. The molecule has 7 atom stereocenters. The van der Waals surface area contributed by atoms with Crippen LogP contribution in [0.5, 0.6) is 0 Å². The smallest absolute Gasteiger partial charge is 0.145 e. The Morgan fingerprint density at radius 2 is 1.66 bits per heavy atom. The van der Waals surface area contributed by atoms with E-state index in [1.807, 2.05) is 6.92 Å². The van der Waals surface area contributed by atoms with Gasteiger partial charge < -0.3 is 0 Å². The van der Waals surface area contributed by atoms with Crippen LogP contribution in [0.4, 0.5) is 0 Å². The molecule has 2 nitrogen and oxygen atoms in total. The van der Waals surface area contributed by atoms with E-state index >= 15 is 0 Å². The molecule has 4 aliphatic carbocycles. The fraction of sp³-hybridized carbons (Fsp3) is 0.800. The predicted octanol–water partition coefficient (Wildman–Crippen LogP) is 7.72. The summed E-state index contributed by atoms with van der Waals surface area (Å²) >= 11 is 0. The quantitative estimate of drug-likeness (QED) is 0.250. The van der Waals surface area contributed by atoms with Gasteiger partial charge in [-0.25, -0.2) is 0 Å². The molecule has 4 rings (SSSR count). The SMILES string of the molecule is C=C(CC/C=C(/C)C=O)[C@H]1CC[C@]2(C)[C@@H]1CC[C@@H]1[C@@]3(C)CCC(=O)C(C)(C)[C@@H]3CC[C@]12C. The third kappa shape index (κ3) is 3.25. The summed E-state index contributed by atoms with van der Waals surface area (Å²) in [5.41, 5.74) is 3.12. The Morgan fingerprint density at radius 3 is 2.34 bits per heavy atom. The van der Waals surface area contributed by atoms with Crippen LogP contribution in [0.15, 0.2) is 23.8 Å². The van der Waals surface area contributed by atoms with Gasteiger partial charge in [-0.05, 0) is 110 Å². The van der Waals surface area contributed by atoms with Crippen molar-refractivity contribution < 1.29 is 9.59 Å². The standard InChI is InChI=1S/C30H46O2/c1-20(19-31)9-8-10-21(2)22-13-17-29(6)23(22)11-12-25-28(5)16-15-26(32)27(3,4)24(28)14-18-30(25,29)7/h9,19,22-25H,2,8,10-18H2,1,3-7H3/b20-9-/t22-,23-,24+,25-,28+,29-,30-/m1/s1. The van der Waals surface area contributed by atoms with Gasteiger partial charge in [0.15, 0.2) is 0 Å². The molecule has 0 bridgehead atoms. The Hall–Kier alpha value is -1.18. The summed E-state index contributed by atoms with van der Waals surface area (Å²) < 4.78 is 0. The second kappa shape index (κ2) is 7.95. The summed E-state index contributed by atoms with van der Waals surface area (Å²) in [4.78, 5) is 23.7. The van der Waals surface area contributed by atoms with Gasteiger partial charge in [0.25, 0.3) is 0 Å². The largest absolute Gasteiger partial charge is 0.299 e. The minimum absolute atomic E-state index is 0.161. The number of carbonyl (C=O) groups excluding carboxylic acids is 2. The van der Waals surface area contributed by atoms with Gasteiger partial charge in [-0.3, -0.25) is 9.59 Å². The molecule has 0 radical (unpaired) electrons.